The van der Waals surface area contributed by atoms with E-state index in [9.17, 15) is 14.4 Å². The monoisotopic (exact) mass is 477 g/mol. The number of hydrogen-bond acceptors (Lipinski definition) is 6. The van der Waals surface area contributed by atoms with E-state index in [-0.39, 0.29) is 25.6 Å². The van der Waals surface area contributed by atoms with Crippen molar-refractivity contribution in [3.05, 3.63) is 65.2 Å². The Morgan fingerprint density at radius 2 is 2.00 bits per heavy atom. The Morgan fingerprint density at radius 1 is 1.15 bits per heavy atom. The molecule has 1 aliphatic carbocycles. The average Bonchev–Trinajstić information content (AvgIpc) is 3.39. The molecule has 3 amide bonds. The van der Waals surface area contributed by atoms with Crippen molar-refractivity contribution < 1.29 is 15.8 Å². The van der Waals surface area contributed by atoms with Crippen LogP contribution in [0.15, 0.2) is 47.1 Å². The largest absolute Gasteiger partial charge is 0.322 e. The minimum absolute atomic E-state index is 0. The van der Waals surface area contributed by atoms with Crippen molar-refractivity contribution in [2.45, 2.75) is 49.4 Å². The Morgan fingerprint density at radius 3 is 2.79 bits per heavy atom. The first-order valence-corrected chi connectivity index (χ1v) is 12.9. The van der Waals surface area contributed by atoms with Gasteiger partial charge < -0.3 is 4.90 Å². The number of nitrogens with zero attached hydrogens (tertiary/aromatic N) is 3. The molecule has 1 radical (unpaired) electrons. The molecule has 4 heterocycles. The number of amides is 3. The SMILES string of the molecule is O=C1CCC(N2Cc3cc(C4CCN(CC5=NC6=C[CH]C=CC6S5)CC4)ccc3C2=O)C(=O)N1.[HH]. The summed E-state index contributed by atoms with van der Waals surface area (Å²) in [6, 6.07) is 5.61. The minimum Gasteiger partial charge on any atom is -0.322 e. The summed E-state index contributed by atoms with van der Waals surface area (Å²) in [6.07, 6.45) is 11.3. The second-order valence-corrected chi connectivity index (χ2v) is 10.8. The number of allylic oxidation sites excluding steroid dienone is 2. The molecule has 1 N–H and O–H groups in total. The Hall–Kier alpha value is -2.71. The van der Waals surface area contributed by atoms with Crippen LogP contribution in [0.5, 0.6) is 0 Å². The van der Waals surface area contributed by atoms with Crippen molar-refractivity contribution in [3.63, 3.8) is 0 Å². The van der Waals surface area contributed by atoms with Crippen molar-refractivity contribution in [2.24, 2.45) is 4.99 Å². The van der Waals surface area contributed by atoms with Gasteiger partial charge >= 0.3 is 0 Å². The van der Waals surface area contributed by atoms with Gasteiger partial charge in [0.25, 0.3) is 5.91 Å². The van der Waals surface area contributed by atoms with E-state index in [1.165, 1.54) is 10.6 Å². The second-order valence-electron chi connectivity index (χ2n) is 9.58. The van der Waals surface area contributed by atoms with Gasteiger partial charge in [-0.1, -0.05) is 42.1 Å². The van der Waals surface area contributed by atoms with Crippen LogP contribution in [0.3, 0.4) is 0 Å². The fourth-order valence-electron chi connectivity index (χ4n) is 5.57. The van der Waals surface area contributed by atoms with Gasteiger partial charge in [-0.15, -0.1) is 0 Å². The Kier molecular flexibility index (Phi) is 5.65. The number of hydrogen-bond donors (Lipinski definition) is 1. The van der Waals surface area contributed by atoms with Gasteiger partial charge in [0.05, 0.1) is 16.0 Å². The molecule has 0 aromatic heterocycles. The molecule has 7 nitrogen and oxygen atoms in total. The highest BCUT2D eigenvalue weighted by molar-refractivity contribution is 8.15. The molecule has 34 heavy (non-hydrogen) atoms. The predicted octanol–water partition coefficient (Wildman–Crippen LogP) is 3.04. The van der Waals surface area contributed by atoms with Gasteiger partial charge in [-0.25, -0.2) is 4.99 Å². The van der Waals surface area contributed by atoms with E-state index < -0.39 is 6.04 Å². The molecule has 2 saturated heterocycles. The molecule has 2 atom stereocenters. The zero-order chi connectivity index (χ0) is 23.2. The fraction of sp³-hybridized carbons (Fsp3) is 0.423. The number of carbonyl (C=O) groups is 3. The molecule has 0 saturated carbocycles. The van der Waals surface area contributed by atoms with Crippen LogP contribution in [0.2, 0.25) is 0 Å². The van der Waals surface area contributed by atoms with Crippen LogP contribution < -0.4 is 5.32 Å². The zero-order valence-electron chi connectivity index (χ0n) is 18.9. The summed E-state index contributed by atoms with van der Waals surface area (Å²) < 4.78 is 0. The smallest absolute Gasteiger partial charge is 0.255 e. The van der Waals surface area contributed by atoms with Crippen molar-refractivity contribution in [3.8, 4) is 0 Å². The molecular weight excluding hydrogens is 448 g/mol. The predicted molar refractivity (Wildman–Crippen MR) is 133 cm³/mol. The van der Waals surface area contributed by atoms with Crippen molar-refractivity contribution in [1.29, 1.82) is 0 Å². The van der Waals surface area contributed by atoms with Crippen LogP contribution in [0.4, 0.5) is 0 Å². The van der Waals surface area contributed by atoms with Crippen LogP contribution in [-0.4, -0.2) is 63.5 Å². The number of thioether (sulfide) groups is 1. The molecule has 1 aromatic carbocycles. The lowest BCUT2D eigenvalue weighted by Crippen LogP contribution is -2.52. The number of benzene rings is 1. The fourth-order valence-corrected chi connectivity index (χ4v) is 6.70. The highest BCUT2D eigenvalue weighted by Gasteiger charge is 2.39. The standard InChI is InChI=1S/C26H27N4O3S.H2/c31-23-8-7-21(25(32)28-23)30-14-18-13-17(5-6-19(18)26(30)33)16-9-11-29(12-10-16)15-24-27-20-3-1-2-4-22(20)34-24;/h1-6,13,16,21-22H,7-12,14-15H2,(H,28,31,32);1H. The van der Waals surface area contributed by atoms with E-state index in [4.69, 9.17) is 4.99 Å². The molecule has 4 aliphatic heterocycles. The minimum atomic E-state index is -0.561. The zero-order valence-corrected chi connectivity index (χ0v) is 19.7. The van der Waals surface area contributed by atoms with E-state index in [0.717, 1.165) is 43.7 Å². The lowest BCUT2D eigenvalue weighted by atomic mass is 9.88. The number of carbonyl (C=O) groups excluding carboxylic acids is 3. The first-order valence-electron chi connectivity index (χ1n) is 12.0. The Bertz CT molecular complexity index is 1160. The Labute approximate surface area is 204 Å². The third-order valence-corrected chi connectivity index (χ3v) is 8.58. The normalized spacial score (nSPS) is 27.4. The molecule has 8 heteroatoms. The third kappa shape index (κ3) is 4.03. The maximum atomic E-state index is 12.9. The number of piperidine rings is 2. The van der Waals surface area contributed by atoms with Gasteiger partial charge in [0, 0.05) is 32.9 Å². The van der Waals surface area contributed by atoms with Crippen molar-refractivity contribution in [2.75, 3.05) is 19.6 Å². The molecule has 6 rings (SSSR count). The van der Waals surface area contributed by atoms with E-state index in [0.29, 0.717) is 29.7 Å². The lowest BCUT2D eigenvalue weighted by molar-refractivity contribution is -0.136. The van der Waals surface area contributed by atoms with E-state index in [1.54, 1.807) is 4.90 Å². The molecule has 177 valence electrons. The van der Waals surface area contributed by atoms with Crippen LogP contribution in [-0.2, 0) is 16.1 Å². The number of likely N-dealkylation sites (tertiary alicyclic amines) is 1. The first-order chi connectivity index (χ1) is 16.5. The van der Waals surface area contributed by atoms with E-state index in [2.05, 4.69) is 47.0 Å². The Balaban J connectivity index is 0.00000253. The first kappa shape index (κ1) is 21.8. The van der Waals surface area contributed by atoms with Crippen LogP contribution in [0, 0.1) is 6.42 Å². The molecule has 2 unspecified atom stereocenters. The molecule has 0 spiro atoms. The number of fused-ring (bicyclic) bond motifs is 2. The van der Waals surface area contributed by atoms with Crippen LogP contribution in [0.25, 0.3) is 0 Å². The number of imide groups is 1. The van der Waals surface area contributed by atoms with Gasteiger partial charge in [0.15, 0.2) is 0 Å². The van der Waals surface area contributed by atoms with Gasteiger partial charge in [0.1, 0.15) is 6.04 Å². The van der Waals surface area contributed by atoms with Gasteiger partial charge in [0.2, 0.25) is 11.8 Å². The quantitative estimate of drug-likeness (QED) is 0.674. The molecular formula is C26H29N4O3S. The van der Waals surface area contributed by atoms with Crippen molar-refractivity contribution in [1.82, 2.24) is 15.1 Å². The second kappa shape index (κ2) is 8.82. The summed E-state index contributed by atoms with van der Waals surface area (Å²) >= 11 is 1.86. The number of rotatable bonds is 4. The summed E-state index contributed by atoms with van der Waals surface area (Å²) in [5.41, 5.74) is 4.12. The molecule has 0 bridgehead atoms. The maximum absolute atomic E-state index is 12.9. The third-order valence-electron chi connectivity index (χ3n) is 7.44. The summed E-state index contributed by atoms with van der Waals surface area (Å²) in [4.78, 5) is 45.6. The highest BCUT2D eigenvalue weighted by atomic mass is 32.2. The topological polar surface area (TPSA) is 82.1 Å². The lowest BCUT2D eigenvalue weighted by Gasteiger charge is -2.32. The van der Waals surface area contributed by atoms with Gasteiger partial charge in [-0.2, -0.15) is 0 Å². The maximum Gasteiger partial charge on any atom is 0.255 e. The van der Waals surface area contributed by atoms with Gasteiger partial charge in [-0.05, 0) is 55.5 Å². The van der Waals surface area contributed by atoms with Crippen LogP contribution >= 0.6 is 11.8 Å². The van der Waals surface area contributed by atoms with Crippen LogP contribution in [0.1, 0.15) is 54.5 Å². The number of aliphatic imine (C=N–C) groups is 1. The van der Waals surface area contributed by atoms with Gasteiger partial charge in [-0.3, -0.25) is 24.6 Å². The van der Waals surface area contributed by atoms with E-state index >= 15 is 0 Å². The number of nitrogens with one attached hydrogen (secondary N) is 1. The molecule has 5 aliphatic rings. The highest BCUT2D eigenvalue weighted by Crippen LogP contribution is 2.36. The van der Waals surface area contributed by atoms with E-state index in [1.807, 2.05) is 17.8 Å². The van der Waals surface area contributed by atoms with Crippen molar-refractivity contribution >= 4 is 34.5 Å². The molecule has 1 aromatic rings. The summed E-state index contributed by atoms with van der Waals surface area (Å²) in [5.74, 6) is -0.255. The average molecular weight is 478 g/mol. The summed E-state index contributed by atoms with van der Waals surface area (Å²) in [6.45, 7) is 3.43. The summed E-state index contributed by atoms with van der Waals surface area (Å²) in [5, 5.41) is 3.96. The molecule has 2 fully saturated rings. The summed E-state index contributed by atoms with van der Waals surface area (Å²) in [7, 11) is 0.